The van der Waals surface area contributed by atoms with Crippen LogP contribution in [-0.4, -0.2) is 17.3 Å². The van der Waals surface area contributed by atoms with E-state index in [1.165, 1.54) is 0 Å². The van der Waals surface area contributed by atoms with Gasteiger partial charge in [0.1, 0.15) is 0 Å². The molecule has 0 amide bonds. The number of rotatable bonds is 0. The number of aliphatic hydroxyl groups is 1. The van der Waals surface area contributed by atoms with Crippen molar-refractivity contribution in [3.8, 4) is 0 Å². The van der Waals surface area contributed by atoms with Gasteiger partial charge in [-0.05, 0) is 25.2 Å². The van der Waals surface area contributed by atoms with Gasteiger partial charge in [0.15, 0.2) is 0 Å². The monoisotopic (exact) mass is 129 g/mol. The zero-order valence-electron chi connectivity index (χ0n) is 5.88. The largest absolute Gasteiger partial charge is 0.392 e. The zero-order valence-corrected chi connectivity index (χ0v) is 5.88. The molecule has 0 bridgehead atoms. The summed E-state index contributed by atoms with van der Waals surface area (Å²) in [5.41, 5.74) is 5.62. The summed E-state index contributed by atoms with van der Waals surface area (Å²) >= 11 is 0. The van der Waals surface area contributed by atoms with Gasteiger partial charge in [-0.3, -0.25) is 0 Å². The van der Waals surface area contributed by atoms with Gasteiger partial charge in [0.05, 0.1) is 6.10 Å². The molecule has 2 heteroatoms. The Hall–Kier alpha value is -0.0800. The van der Waals surface area contributed by atoms with Crippen molar-refractivity contribution in [1.82, 2.24) is 0 Å². The molecular weight excluding hydrogens is 114 g/mol. The average molecular weight is 129 g/mol. The Kier molecular flexibility index (Phi) is 2.09. The third kappa shape index (κ3) is 1.66. The highest BCUT2D eigenvalue weighted by atomic mass is 16.3. The van der Waals surface area contributed by atoms with Gasteiger partial charge in [0.2, 0.25) is 0 Å². The molecule has 0 aromatic rings. The van der Waals surface area contributed by atoms with Crippen LogP contribution in [0.3, 0.4) is 0 Å². The molecule has 0 aromatic heterocycles. The van der Waals surface area contributed by atoms with E-state index in [0.29, 0.717) is 5.92 Å². The van der Waals surface area contributed by atoms with Crippen molar-refractivity contribution < 1.29 is 5.11 Å². The Labute approximate surface area is 56.1 Å². The molecular formula is C7H15NO. The van der Waals surface area contributed by atoms with E-state index < -0.39 is 0 Å². The second kappa shape index (κ2) is 2.67. The summed E-state index contributed by atoms with van der Waals surface area (Å²) in [5, 5.41) is 9.17. The predicted octanol–water partition coefficient (Wildman–Crippen LogP) is 0.495. The van der Waals surface area contributed by atoms with Gasteiger partial charge in [-0.15, -0.1) is 0 Å². The fourth-order valence-electron chi connectivity index (χ4n) is 1.41. The van der Waals surface area contributed by atoms with Crippen LogP contribution in [0.4, 0.5) is 0 Å². The van der Waals surface area contributed by atoms with Crippen LogP contribution in [-0.2, 0) is 0 Å². The molecule has 0 radical (unpaired) electrons. The Morgan fingerprint density at radius 2 is 2.11 bits per heavy atom. The quantitative estimate of drug-likeness (QED) is 0.500. The molecule has 1 aliphatic carbocycles. The van der Waals surface area contributed by atoms with Crippen molar-refractivity contribution in [3.05, 3.63) is 0 Å². The molecule has 54 valence electrons. The van der Waals surface area contributed by atoms with Crippen molar-refractivity contribution >= 4 is 0 Å². The van der Waals surface area contributed by atoms with Crippen LogP contribution in [0.2, 0.25) is 0 Å². The van der Waals surface area contributed by atoms with Crippen LogP contribution in [0, 0.1) is 5.92 Å². The molecule has 1 saturated carbocycles. The van der Waals surface area contributed by atoms with Crippen LogP contribution < -0.4 is 5.73 Å². The Morgan fingerprint density at radius 1 is 1.44 bits per heavy atom. The highest BCUT2D eigenvalue weighted by molar-refractivity contribution is 4.79. The fraction of sp³-hybridized carbons (Fsp3) is 1.00. The first kappa shape index (κ1) is 7.03. The van der Waals surface area contributed by atoms with Crippen molar-refractivity contribution in [2.45, 2.75) is 38.3 Å². The lowest BCUT2D eigenvalue weighted by Crippen LogP contribution is -2.39. The minimum absolute atomic E-state index is 0.0359. The third-order valence-corrected chi connectivity index (χ3v) is 2.12. The van der Waals surface area contributed by atoms with E-state index in [1.54, 1.807) is 0 Å². The van der Waals surface area contributed by atoms with Gasteiger partial charge in [-0.2, -0.15) is 0 Å². The van der Waals surface area contributed by atoms with Gasteiger partial charge in [-0.25, -0.2) is 0 Å². The Bertz CT molecular complexity index is 94.9. The molecule has 0 spiro atoms. The second-order valence-corrected chi connectivity index (χ2v) is 3.15. The maximum Gasteiger partial charge on any atom is 0.0691 e. The van der Waals surface area contributed by atoms with Crippen LogP contribution in [0.5, 0.6) is 0 Å². The summed E-state index contributed by atoms with van der Waals surface area (Å²) < 4.78 is 0. The van der Waals surface area contributed by atoms with Crippen LogP contribution >= 0.6 is 0 Å². The lowest BCUT2D eigenvalue weighted by molar-refractivity contribution is 0.0906. The molecule has 2 nitrogen and oxygen atoms in total. The summed E-state index contributed by atoms with van der Waals surface area (Å²) in [4.78, 5) is 0. The van der Waals surface area contributed by atoms with Gasteiger partial charge >= 0.3 is 0 Å². The molecule has 3 N–H and O–H groups in total. The minimum atomic E-state index is -0.235. The van der Waals surface area contributed by atoms with Crippen LogP contribution in [0.25, 0.3) is 0 Å². The average Bonchev–Trinajstić information content (AvgIpc) is 1.80. The van der Waals surface area contributed by atoms with Gasteiger partial charge in [0, 0.05) is 6.04 Å². The molecule has 0 heterocycles. The standard InChI is InChI=1S/C7H15NO/c1-5-2-3-7(9)6(8)4-5/h5-7,9H,2-4,8H2,1H3/t5-,6+,7+/m0/s1. The highest BCUT2D eigenvalue weighted by Crippen LogP contribution is 2.22. The Balaban J connectivity index is 2.35. The SMILES string of the molecule is C[C@H]1CC[C@@H](O)[C@H](N)C1. The Morgan fingerprint density at radius 3 is 2.56 bits per heavy atom. The molecule has 0 saturated heterocycles. The topological polar surface area (TPSA) is 46.2 Å². The lowest BCUT2D eigenvalue weighted by atomic mass is 9.86. The molecule has 1 fully saturated rings. The minimum Gasteiger partial charge on any atom is -0.392 e. The van der Waals surface area contributed by atoms with Crippen LogP contribution in [0.1, 0.15) is 26.2 Å². The number of aliphatic hydroxyl groups excluding tert-OH is 1. The normalized spacial score (nSPS) is 45.0. The first-order valence-corrected chi connectivity index (χ1v) is 3.64. The first-order valence-electron chi connectivity index (χ1n) is 3.64. The zero-order chi connectivity index (χ0) is 6.85. The first-order chi connectivity index (χ1) is 4.20. The van der Waals surface area contributed by atoms with Gasteiger partial charge in [-0.1, -0.05) is 6.92 Å². The molecule has 0 aliphatic heterocycles. The fourth-order valence-corrected chi connectivity index (χ4v) is 1.41. The predicted molar refractivity (Wildman–Crippen MR) is 37.0 cm³/mol. The van der Waals surface area contributed by atoms with E-state index in [9.17, 15) is 5.11 Å². The van der Waals surface area contributed by atoms with Crippen molar-refractivity contribution in [2.24, 2.45) is 11.7 Å². The van der Waals surface area contributed by atoms with E-state index in [0.717, 1.165) is 19.3 Å². The van der Waals surface area contributed by atoms with Gasteiger partial charge in [0.25, 0.3) is 0 Å². The number of nitrogens with two attached hydrogens (primary N) is 1. The van der Waals surface area contributed by atoms with Crippen LogP contribution in [0.15, 0.2) is 0 Å². The summed E-state index contributed by atoms with van der Waals surface area (Å²) in [5.74, 6) is 0.711. The maximum atomic E-state index is 9.17. The third-order valence-electron chi connectivity index (χ3n) is 2.12. The molecule has 3 atom stereocenters. The summed E-state index contributed by atoms with van der Waals surface area (Å²) in [6.07, 6.45) is 2.78. The van der Waals surface area contributed by atoms with E-state index >= 15 is 0 Å². The molecule has 1 aliphatic rings. The molecule has 9 heavy (non-hydrogen) atoms. The van der Waals surface area contributed by atoms with Gasteiger partial charge < -0.3 is 10.8 Å². The smallest absolute Gasteiger partial charge is 0.0691 e. The summed E-state index contributed by atoms with van der Waals surface area (Å²) in [6, 6.07) is 0.0359. The van der Waals surface area contributed by atoms with E-state index in [2.05, 4.69) is 6.92 Å². The van der Waals surface area contributed by atoms with Crippen molar-refractivity contribution in [2.75, 3.05) is 0 Å². The van der Waals surface area contributed by atoms with E-state index in [-0.39, 0.29) is 12.1 Å². The lowest BCUT2D eigenvalue weighted by Gasteiger charge is -2.28. The van der Waals surface area contributed by atoms with E-state index in [4.69, 9.17) is 5.73 Å². The number of hydrogen-bond acceptors (Lipinski definition) is 2. The van der Waals surface area contributed by atoms with Crippen molar-refractivity contribution in [3.63, 3.8) is 0 Å². The molecule has 1 rings (SSSR count). The molecule has 0 aromatic carbocycles. The number of hydrogen-bond donors (Lipinski definition) is 2. The summed E-state index contributed by atoms with van der Waals surface area (Å²) in [7, 11) is 0. The van der Waals surface area contributed by atoms with E-state index in [1.807, 2.05) is 0 Å². The highest BCUT2D eigenvalue weighted by Gasteiger charge is 2.23. The second-order valence-electron chi connectivity index (χ2n) is 3.15. The summed E-state index contributed by atoms with van der Waals surface area (Å²) in [6.45, 7) is 2.19. The maximum absolute atomic E-state index is 9.17. The van der Waals surface area contributed by atoms with Crippen molar-refractivity contribution in [1.29, 1.82) is 0 Å². The molecule has 0 unspecified atom stereocenters.